The molecule has 0 spiro atoms. The van der Waals surface area contributed by atoms with Crippen LogP contribution in [0.15, 0.2) is 23.8 Å². The first-order valence-corrected chi connectivity index (χ1v) is 8.72. The summed E-state index contributed by atoms with van der Waals surface area (Å²) in [6.45, 7) is 5.81. The molecular weight excluding hydrogens is 296 g/mol. The van der Waals surface area contributed by atoms with Crippen LogP contribution in [-0.2, 0) is 11.2 Å². The molecule has 0 aromatic carbocycles. The molecule has 6 heteroatoms. The van der Waals surface area contributed by atoms with Crippen LogP contribution in [0.2, 0.25) is 0 Å². The molecule has 1 saturated heterocycles. The predicted octanol–water partition coefficient (Wildman–Crippen LogP) is 2.87. The highest BCUT2D eigenvalue weighted by Crippen LogP contribution is 2.28. The fourth-order valence-electron chi connectivity index (χ4n) is 2.87. The highest BCUT2D eigenvalue weighted by atomic mass is 32.1. The lowest BCUT2D eigenvalue weighted by Crippen LogP contribution is -2.40. The zero-order chi connectivity index (χ0) is 15.5. The van der Waals surface area contributed by atoms with E-state index >= 15 is 0 Å². The molecule has 1 fully saturated rings. The molecule has 1 aliphatic rings. The van der Waals surface area contributed by atoms with Gasteiger partial charge >= 0.3 is 0 Å². The number of amides is 1. The first-order chi connectivity index (χ1) is 10.6. The van der Waals surface area contributed by atoms with E-state index in [1.165, 1.54) is 0 Å². The van der Waals surface area contributed by atoms with Crippen LogP contribution in [0.4, 0.5) is 0 Å². The highest BCUT2D eigenvalue weighted by Gasteiger charge is 2.26. The molecule has 0 radical (unpaired) electrons. The Kier molecular flexibility index (Phi) is 4.57. The van der Waals surface area contributed by atoms with E-state index in [1.807, 2.05) is 33.4 Å². The second-order valence-electron chi connectivity index (χ2n) is 6.11. The van der Waals surface area contributed by atoms with Gasteiger partial charge in [-0.2, -0.15) is 5.10 Å². The van der Waals surface area contributed by atoms with Crippen molar-refractivity contribution in [2.45, 2.75) is 45.1 Å². The maximum Gasteiger partial charge on any atom is 0.228 e. The zero-order valence-electron chi connectivity index (χ0n) is 13.1. The number of hydrogen-bond donors (Lipinski definition) is 0. The van der Waals surface area contributed by atoms with Gasteiger partial charge in [-0.25, -0.2) is 4.98 Å². The summed E-state index contributed by atoms with van der Waals surface area (Å²) in [7, 11) is 0. The second-order valence-corrected chi connectivity index (χ2v) is 7.03. The van der Waals surface area contributed by atoms with Gasteiger partial charge in [0.05, 0.1) is 17.1 Å². The Morgan fingerprint density at radius 2 is 2.36 bits per heavy atom. The summed E-state index contributed by atoms with van der Waals surface area (Å²) in [4.78, 5) is 18.9. The van der Waals surface area contributed by atoms with Gasteiger partial charge in [0.15, 0.2) is 0 Å². The topological polar surface area (TPSA) is 51.0 Å². The predicted molar refractivity (Wildman–Crippen MR) is 87.0 cm³/mol. The van der Waals surface area contributed by atoms with Gasteiger partial charge in [0.25, 0.3) is 0 Å². The van der Waals surface area contributed by atoms with Crippen molar-refractivity contribution in [3.8, 4) is 0 Å². The third kappa shape index (κ3) is 3.38. The average molecular weight is 318 g/mol. The molecule has 0 bridgehead atoms. The minimum absolute atomic E-state index is 0.176. The van der Waals surface area contributed by atoms with Gasteiger partial charge in [-0.3, -0.25) is 9.48 Å². The Hall–Kier alpha value is -1.69. The van der Waals surface area contributed by atoms with Gasteiger partial charge in [-0.15, -0.1) is 11.3 Å². The van der Waals surface area contributed by atoms with Crippen LogP contribution in [0, 0.1) is 0 Å². The number of rotatable bonds is 4. The molecule has 0 N–H and O–H groups in total. The standard InChI is InChI=1S/C16H22N4OS/c1-12(2)20-8-5-14(18-20)10-15(21)19-7-3-4-13(11-19)16-17-6-9-22-16/h5-6,8-9,12-13H,3-4,7,10-11H2,1-2H3/t13-/m0/s1. The molecule has 0 aliphatic carbocycles. The summed E-state index contributed by atoms with van der Waals surface area (Å²) in [6, 6.07) is 2.27. The van der Waals surface area contributed by atoms with Crippen LogP contribution in [-0.4, -0.2) is 38.7 Å². The first-order valence-electron chi connectivity index (χ1n) is 7.84. The summed E-state index contributed by atoms with van der Waals surface area (Å²) in [6.07, 6.45) is 6.36. The van der Waals surface area contributed by atoms with Gasteiger partial charge < -0.3 is 4.90 Å². The quantitative estimate of drug-likeness (QED) is 0.871. The van der Waals surface area contributed by atoms with Crippen LogP contribution >= 0.6 is 11.3 Å². The lowest BCUT2D eigenvalue weighted by molar-refractivity contribution is -0.131. The summed E-state index contributed by atoms with van der Waals surface area (Å²) in [5.41, 5.74) is 0.857. The molecular formula is C16H22N4OS. The van der Waals surface area contributed by atoms with Crippen molar-refractivity contribution >= 4 is 17.2 Å². The van der Waals surface area contributed by atoms with Crippen molar-refractivity contribution in [1.29, 1.82) is 0 Å². The minimum atomic E-state index is 0.176. The van der Waals surface area contributed by atoms with E-state index in [1.54, 1.807) is 11.3 Å². The number of nitrogens with zero attached hydrogens (tertiary/aromatic N) is 4. The van der Waals surface area contributed by atoms with Gasteiger partial charge in [0, 0.05) is 42.8 Å². The van der Waals surface area contributed by atoms with Gasteiger partial charge in [-0.1, -0.05) is 0 Å². The van der Waals surface area contributed by atoms with Crippen LogP contribution < -0.4 is 0 Å². The summed E-state index contributed by atoms with van der Waals surface area (Å²) >= 11 is 1.69. The van der Waals surface area contributed by atoms with Gasteiger partial charge in [0.2, 0.25) is 5.91 Å². The molecule has 3 rings (SSSR count). The largest absolute Gasteiger partial charge is 0.342 e. The van der Waals surface area contributed by atoms with Crippen LogP contribution in [0.1, 0.15) is 49.4 Å². The van der Waals surface area contributed by atoms with Crippen molar-refractivity contribution in [2.75, 3.05) is 13.1 Å². The number of aromatic nitrogens is 3. The normalized spacial score (nSPS) is 18.9. The molecule has 1 amide bonds. The highest BCUT2D eigenvalue weighted by molar-refractivity contribution is 7.09. The summed E-state index contributed by atoms with van der Waals surface area (Å²) in [5, 5.41) is 7.64. The van der Waals surface area contributed by atoms with E-state index in [0.717, 1.165) is 36.6 Å². The Labute approximate surface area is 135 Å². The number of thiazole rings is 1. The number of hydrogen-bond acceptors (Lipinski definition) is 4. The lowest BCUT2D eigenvalue weighted by atomic mass is 9.98. The molecule has 1 atom stereocenters. The number of likely N-dealkylation sites (tertiary alicyclic amines) is 1. The van der Waals surface area contributed by atoms with Gasteiger partial charge in [-0.05, 0) is 32.8 Å². The van der Waals surface area contributed by atoms with E-state index in [0.29, 0.717) is 18.4 Å². The maximum atomic E-state index is 12.5. The van der Waals surface area contributed by atoms with Crippen LogP contribution in [0.3, 0.4) is 0 Å². The molecule has 2 aromatic rings. The van der Waals surface area contributed by atoms with Crippen molar-refractivity contribution in [2.24, 2.45) is 0 Å². The molecule has 22 heavy (non-hydrogen) atoms. The molecule has 118 valence electrons. The first kappa shape index (κ1) is 15.2. The molecule has 2 aromatic heterocycles. The van der Waals surface area contributed by atoms with Crippen molar-refractivity contribution in [3.05, 3.63) is 34.5 Å². The van der Waals surface area contributed by atoms with Crippen molar-refractivity contribution < 1.29 is 4.79 Å². The zero-order valence-corrected chi connectivity index (χ0v) is 13.9. The monoisotopic (exact) mass is 318 g/mol. The van der Waals surface area contributed by atoms with Crippen molar-refractivity contribution in [1.82, 2.24) is 19.7 Å². The molecule has 1 aliphatic heterocycles. The number of carbonyl (C=O) groups excluding carboxylic acids is 1. The Morgan fingerprint density at radius 1 is 1.50 bits per heavy atom. The van der Waals surface area contributed by atoms with E-state index in [4.69, 9.17) is 0 Å². The molecule has 3 heterocycles. The second kappa shape index (κ2) is 6.60. The SMILES string of the molecule is CC(C)n1ccc(CC(=O)N2CCC[C@H](c3nccs3)C2)n1. The summed E-state index contributed by atoms with van der Waals surface area (Å²) < 4.78 is 1.90. The van der Waals surface area contributed by atoms with E-state index < -0.39 is 0 Å². The van der Waals surface area contributed by atoms with Crippen LogP contribution in [0.5, 0.6) is 0 Å². The number of piperidine rings is 1. The van der Waals surface area contributed by atoms with Gasteiger partial charge in [0.1, 0.15) is 0 Å². The average Bonchev–Trinajstić information content (AvgIpc) is 3.19. The maximum absolute atomic E-state index is 12.5. The third-order valence-corrected chi connectivity index (χ3v) is 5.04. The van der Waals surface area contributed by atoms with E-state index in [2.05, 4.69) is 23.9 Å². The minimum Gasteiger partial charge on any atom is -0.342 e. The molecule has 0 unspecified atom stereocenters. The van der Waals surface area contributed by atoms with E-state index in [-0.39, 0.29) is 5.91 Å². The van der Waals surface area contributed by atoms with Crippen LogP contribution in [0.25, 0.3) is 0 Å². The fraction of sp³-hybridized carbons (Fsp3) is 0.562. The Morgan fingerprint density at radius 3 is 3.05 bits per heavy atom. The fourth-order valence-corrected chi connectivity index (χ4v) is 3.64. The molecule has 0 saturated carbocycles. The Balaban J connectivity index is 1.61. The Bertz CT molecular complexity index is 620. The lowest BCUT2D eigenvalue weighted by Gasteiger charge is -2.31. The molecule has 5 nitrogen and oxygen atoms in total. The number of carbonyl (C=O) groups is 1. The van der Waals surface area contributed by atoms with E-state index in [9.17, 15) is 4.79 Å². The van der Waals surface area contributed by atoms with Crippen molar-refractivity contribution in [3.63, 3.8) is 0 Å². The summed E-state index contributed by atoms with van der Waals surface area (Å²) in [5.74, 6) is 0.571. The smallest absolute Gasteiger partial charge is 0.228 e. The third-order valence-electron chi connectivity index (χ3n) is 4.10.